The third-order valence-corrected chi connectivity index (χ3v) is 5.65. The van der Waals surface area contributed by atoms with Gasteiger partial charge in [0.2, 0.25) is 12.2 Å². The number of carbonyl (C=O) groups is 3. The number of hydrogen-bond acceptors (Lipinski definition) is 4. The SMILES string of the molecule is O=CN1CCN(C(=O)c2nc(C(=O)NC3CCCCC3)c3ccccn23)CC1. The molecule has 0 bridgehead atoms. The summed E-state index contributed by atoms with van der Waals surface area (Å²) >= 11 is 0. The molecule has 0 spiro atoms. The van der Waals surface area contributed by atoms with Gasteiger partial charge in [-0.15, -0.1) is 0 Å². The second-order valence-corrected chi connectivity index (χ2v) is 7.48. The molecule has 2 aromatic rings. The number of imidazole rings is 1. The summed E-state index contributed by atoms with van der Waals surface area (Å²) < 4.78 is 1.68. The Balaban J connectivity index is 1.58. The van der Waals surface area contributed by atoms with Crippen LogP contribution < -0.4 is 5.32 Å². The molecule has 2 fully saturated rings. The summed E-state index contributed by atoms with van der Waals surface area (Å²) in [4.78, 5) is 44.6. The zero-order chi connectivity index (χ0) is 19.5. The Morgan fingerprint density at radius 2 is 1.82 bits per heavy atom. The van der Waals surface area contributed by atoms with E-state index >= 15 is 0 Å². The molecule has 3 heterocycles. The van der Waals surface area contributed by atoms with E-state index in [1.165, 1.54) is 6.42 Å². The lowest BCUT2D eigenvalue weighted by molar-refractivity contribution is -0.119. The summed E-state index contributed by atoms with van der Waals surface area (Å²) in [5.41, 5.74) is 0.923. The van der Waals surface area contributed by atoms with E-state index in [1.807, 2.05) is 18.2 Å². The first-order chi connectivity index (χ1) is 13.7. The van der Waals surface area contributed by atoms with Crippen molar-refractivity contribution in [1.82, 2.24) is 24.5 Å². The summed E-state index contributed by atoms with van der Waals surface area (Å²) in [6.45, 7) is 1.94. The third-order valence-electron chi connectivity index (χ3n) is 5.65. The van der Waals surface area contributed by atoms with Crippen molar-refractivity contribution >= 4 is 23.7 Å². The van der Waals surface area contributed by atoms with E-state index in [2.05, 4.69) is 10.3 Å². The Kier molecular flexibility index (Phi) is 5.27. The highest BCUT2D eigenvalue weighted by Gasteiger charge is 2.28. The second-order valence-electron chi connectivity index (χ2n) is 7.48. The molecule has 2 aliphatic rings. The smallest absolute Gasteiger partial charge is 0.290 e. The lowest BCUT2D eigenvalue weighted by atomic mass is 9.95. The first kappa shape index (κ1) is 18.5. The van der Waals surface area contributed by atoms with Crippen LogP contribution in [0.2, 0.25) is 0 Å². The lowest BCUT2D eigenvalue weighted by Gasteiger charge is -2.32. The lowest BCUT2D eigenvalue weighted by Crippen LogP contribution is -2.48. The van der Waals surface area contributed by atoms with E-state index in [4.69, 9.17) is 0 Å². The molecule has 0 aromatic carbocycles. The number of fused-ring (bicyclic) bond motifs is 1. The molecular formula is C20H25N5O3. The third kappa shape index (κ3) is 3.58. The van der Waals surface area contributed by atoms with Crippen LogP contribution in [0.5, 0.6) is 0 Å². The van der Waals surface area contributed by atoms with Gasteiger partial charge in [0.15, 0.2) is 5.69 Å². The van der Waals surface area contributed by atoms with E-state index in [-0.39, 0.29) is 23.7 Å². The molecular weight excluding hydrogens is 358 g/mol. The minimum absolute atomic E-state index is 0.178. The van der Waals surface area contributed by atoms with Crippen molar-refractivity contribution in [2.75, 3.05) is 26.2 Å². The minimum Gasteiger partial charge on any atom is -0.348 e. The van der Waals surface area contributed by atoms with Crippen LogP contribution in [-0.2, 0) is 4.79 Å². The van der Waals surface area contributed by atoms with Gasteiger partial charge in [-0.3, -0.25) is 18.8 Å². The Morgan fingerprint density at radius 3 is 2.54 bits per heavy atom. The van der Waals surface area contributed by atoms with Crippen molar-refractivity contribution in [3.8, 4) is 0 Å². The van der Waals surface area contributed by atoms with Gasteiger partial charge in [-0.05, 0) is 25.0 Å². The zero-order valence-corrected chi connectivity index (χ0v) is 15.8. The maximum absolute atomic E-state index is 13.0. The molecule has 28 heavy (non-hydrogen) atoms. The molecule has 1 N–H and O–H groups in total. The fourth-order valence-corrected chi connectivity index (χ4v) is 4.03. The molecule has 8 heteroatoms. The van der Waals surface area contributed by atoms with Crippen LogP contribution in [0, 0.1) is 0 Å². The van der Waals surface area contributed by atoms with Crippen molar-refractivity contribution in [2.24, 2.45) is 0 Å². The molecule has 148 valence electrons. The average Bonchev–Trinajstić information content (AvgIpc) is 3.14. The van der Waals surface area contributed by atoms with Gasteiger partial charge in [0.1, 0.15) is 0 Å². The van der Waals surface area contributed by atoms with Crippen LogP contribution in [0.3, 0.4) is 0 Å². The summed E-state index contributed by atoms with van der Waals surface area (Å²) in [6.07, 6.45) is 8.02. The van der Waals surface area contributed by atoms with Crippen molar-refractivity contribution in [3.63, 3.8) is 0 Å². The number of nitrogens with zero attached hydrogens (tertiary/aromatic N) is 4. The maximum Gasteiger partial charge on any atom is 0.290 e. The van der Waals surface area contributed by atoms with E-state index in [0.717, 1.165) is 32.1 Å². The average molecular weight is 383 g/mol. The van der Waals surface area contributed by atoms with Crippen LogP contribution in [0.25, 0.3) is 5.52 Å². The minimum atomic E-state index is -0.222. The Hall–Kier alpha value is -2.90. The monoisotopic (exact) mass is 383 g/mol. The van der Waals surface area contributed by atoms with Crippen molar-refractivity contribution in [2.45, 2.75) is 38.1 Å². The summed E-state index contributed by atoms with van der Waals surface area (Å²) in [6, 6.07) is 5.64. The molecule has 4 rings (SSSR count). The van der Waals surface area contributed by atoms with E-state index in [9.17, 15) is 14.4 Å². The van der Waals surface area contributed by atoms with Gasteiger partial charge in [-0.2, -0.15) is 0 Å². The highest BCUT2D eigenvalue weighted by molar-refractivity contribution is 6.02. The maximum atomic E-state index is 13.0. The predicted octanol–water partition coefficient (Wildman–Crippen LogP) is 1.31. The van der Waals surface area contributed by atoms with Gasteiger partial charge in [0.05, 0.1) is 5.52 Å². The van der Waals surface area contributed by atoms with E-state index < -0.39 is 0 Å². The van der Waals surface area contributed by atoms with Crippen LogP contribution >= 0.6 is 0 Å². The molecule has 0 radical (unpaired) electrons. The highest BCUT2D eigenvalue weighted by Crippen LogP contribution is 2.20. The molecule has 2 aromatic heterocycles. The molecule has 0 atom stereocenters. The molecule has 8 nitrogen and oxygen atoms in total. The van der Waals surface area contributed by atoms with Crippen molar-refractivity contribution in [3.05, 3.63) is 35.9 Å². The van der Waals surface area contributed by atoms with Gasteiger partial charge in [0.25, 0.3) is 11.8 Å². The van der Waals surface area contributed by atoms with Crippen molar-refractivity contribution < 1.29 is 14.4 Å². The van der Waals surface area contributed by atoms with E-state index in [1.54, 1.807) is 20.4 Å². The molecule has 3 amide bonds. The molecule has 1 aliphatic heterocycles. The Bertz CT molecular complexity index is 879. The second kappa shape index (κ2) is 8.00. The van der Waals surface area contributed by atoms with Crippen molar-refractivity contribution in [1.29, 1.82) is 0 Å². The number of amides is 3. The van der Waals surface area contributed by atoms with Gasteiger partial charge < -0.3 is 15.1 Å². The first-order valence-corrected chi connectivity index (χ1v) is 9.94. The normalized spacial score (nSPS) is 18.3. The van der Waals surface area contributed by atoms with E-state index in [0.29, 0.717) is 37.4 Å². The molecule has 1 saturated heterocycles. The van der Waals surface area contributed by atoms with Gasteiger partial charge in [0, 0.05) is 38.4 Å². The van der Waals surface area contributed by atoms with Gasteiger partial charge >= 0.3 is 0 Å². The summed E-state index contributed by atoms with van der Waals surface area (Å²) in [5.74, 6) is -0.201. The number of nitrogens with one attached hydrogen (secondary N) is 1. The Morgan fingerprint density at radius 1 is 1.07 bits per heavy atom. The van der Waals surface area contributed by atoms with Crippen LogP contribution in [-0.4, -0.2) is 69.6 Å². The number of piperazine rings is 1. The summed E-state index contributed by atoms with van der Waals surface area (Å²) in [7, 11) is 0. The standard InChI is InChI=1S/C20H25N5O3/c26-14-23-10-12-24(13-11-23)20(28)18-22-17(16-8-4-5-9-25(16)18)19(27)21-15-6-2-1-3-7-15/h4-5,8-9,14-15H,1-3,6-7,10-13H2,(H,21,27). The number of carbonyl (C=O) groups excluding carboxylic acids is 3. The fraction of sp³-hybridized carbons (Fsp3) is 0.500. The zero-order valence-electron chi connectivity index (χ0n) is 15.8. The topological polar surface area (TPSA) is 87.0 Å². The molecule has 1 aliphatic carbocycles. The fourth-order valence-electron chi connectivity index (χ4n) is 4.03. The van der Waals surface area contributed by atoms with Crippen LogP contribution in [0.15, 0.2) is 24.4 Å². The van der Waals surface area contributed by atoms with Crippen LogP contribution in [0.4, 0.5) is 0 Å². The quantitative estimate of drug-likeness (QED) is 0.807. The predicted molar refractivity (Wildman–Crippen MR) is 103 cm³/mol. The van der Waals surface area contributed by atoms with Gasteiger partial charge in [-0.1, -0.05) is 25.3 Å². The highest BCUT2D eigenvalue weighted by atomic mass is 16.2. The Labute approximate surface area is 163 Å². The molecule has 0 unspecified atom stereocenters. The summed E-state index contributed by atoms with van der Waals surface area (Å²) in [5, 5.41) is 3.09. The number of hydrogen-bond donors (Lipinski definition) is 1. The van der Waals surface area contributed by atoms with Crippen LogP contribution in [0.1, 0.15) is 53.2 Å². The number of rotatable bonds is 4. The first-order valence-electron chi connectivity index (χ1n) is 9.94. The molecule has 1 saturated carbocycles. The van der Waals surface area contributed by atoms with Gasteiger partial charge in [-0.25, -0.2) is 4.98 Å². The number of aromatic nitrogens is 2. The number of pyridine rings is 1. The largest absolute Gasteiger partial charge is 0.348 e.